The second kappa shape index (κ2) is 8.79. The van der Waals surface area contributed by atoms with Crippen LogP contribution in [0.4, 0.5) is 11.4 Å². The fourth-order valence-electron chi connectivity index (χ4n) is 3.17. The Morgan fingerprint density at radius 3 is 2.36 bits per heavy atom. The van der Waals surface area contributed by atoms with Gasteiger partial charge in [-0.2, -0.15) is 0 Å². The molecular weight excluding hydrogens is 394 g/mol. The summed E-state index contributed by atoms with van der Waals surface area (Å²) in [5, 5.41) is 3.88. The average Bonchev–Trinajstić information content (AvgIpc) is 2.69. The summed E-state index contributed by atoms with van der Waals surface area (Å²) in [6.07, 6.45) is 2.37. The Morgan fingerprint density at radius 2 is 1.75 bits per heavy atom. The van der Waals surface area contributed by atoms with Crippen LogP contribution in [0.15, 0.2) is 53.4 Å². The van der Waals surface area contributed by atoms with E-state index in [9.17, 15) is 8.42 Å². The lowest BCUT2D eigenvalue weighted by molar-refractivity contribution is 0.276. The third-order valence-electron chi connectivity index (χ3n) is 4.70. The fraction of sp³-hybridized carbons (Fsp3) is 0.350. The maximum Gasteiger partial charge on any atom is 0.261 e. The molecule has 0 radical (unpaired) electrons. The summed E-state index contributed by atoms with van der Waals surface area (Å²) < 4.78 is 32.8. The van der Waals surface area contributed by atoms with Crippen LogP contribution in [-0.4, -0.2) is 38.6 Å². The van der Waals surface area contributed by atoms with Crippen molar-refractivity contribution in [1.82, 2.24) is 4.90 Å². The zero-order chi connectivity index (χ0) is 20.1. The summed E-state index contributed by atoms with van der Waals surface area (Å²) in [6, 6.07) is 13.3. The normalized spacial score (nSPS) is 17.1. The van der Waals surface area contributed by atoms with Crippen molar-refractivity contribution >= 4 is 38.7 Å². The molecule has 0 amide bonds. The van der Waals surface area contributed by atoms with E-state index in [0.717, 1.165) is 25.2 Å². The van der Waals surface area contributed by atoms with Crippen LogP contribution >= 0.6 is 12.2 Å². The van der Waals surface area contributed by atoms with Gasteiger partial charge in [-0.3, -0.25) is 4.72 Å². The molecule has 2 aromatic carbocycles. The third-order valence-corrected chi connectivity index (χ3v) is 6.46. The maximum atomic E-state index is 12.6. The molecule has 3 rings (SSSR count). The molecule has 0 aliphatic carbocycles. The van der Waals surface area contributed by atoms with Crippen molar-refractivity contribution < 1.29 is 13.2 Å². The topological polar surface area (TPSA) is 70.7 Å². The van der Waals surface area contributed by atoms with Crippen LogP contribution in [0.2, 0.25) is 0 Å². The molecule has 28 heavy (non-hydrogen) atoms. The molecule has 2 aromatic rings. The Labute approximate surface area is 171 Å². The van der Waals surface area contributed by atoms with Gasteiger partial charge >= 0.3 is 0 Å². The zero-order valence-electron chi connectivity index (χ0n) is 16.0. The van der Waals surface area contributed by atoms with E-state index in [1.54, 1.807) is 55.6 Å². The van der Waals surface area contributed by atoms with Gasteiger partial charge in [-0.25, -0.2) is 8.42 Å². The van der Waals surface area contributed by atoms with Gasteiger partial charge in [0.05, 0.1) is 12.0 Å². The van der Waals surface area contributed by atoms with E-state index < -0.39 is 10.0 Å². The fourth-order valence-corrected chi connectivity index (χ4v) is 4.51. The number of hydrogen-bond donors (Lipinski definition) is 2. The molecule has 6 nitrogen and oxygen atoms in total. The first-order chi connectivity index (χ1) is 13.4. The third kappa shape index (κ3) is 5.14. The highest BCUT2D eigenvalue weighted by atomic mass is 32.2. The summed E-state index contributed by atoms with van der Waals surface area (Å²) in [5.74, 6) is 1.29. The van der Waals surface area contributed by atoms with Crippen molar-refractivity contribution in [3.05, 3.63) is 48.5 Å². The SMILES string of the molecule is COc1ccc(NS(=O)(=O)c2ccc(NC(=S)N3CCC[C@@H](C)C3)cc2)cc1. The Hall–Kier alpha value is -2.32. The lowest BCUT2D eigenvalue weighted by Crippen LogP contribution is -2.41. The van der Waals surface area contributed by atoms with Crippen LogP contribution in [0, 0.1) is 5.92 Å². The highest BCUT2D eigenvalue weighted by molar-refractivity contribution is 7.92. The maximum absolute atomic E-state index is 12.6. The zero-order valence-corrected chi connectivity index (χ0v) is 17.6. The molecule has 0 unspecified atom stereocenters. The molecule has 150 valence electrons. The van der Waals surface area contributed by atoms with Gasteiger partial charge in [0.25, 0.3) is 10.0 Å². The first-order valence-electron chi connectivity index (χ1n) is 9.20. The van der Waals surface area contributed by atoms with Gasteiger partial charge in [-0.15, -0.1) is 0 Å². The molecule has 0 bridgehead atoms. The summed E-state index contributed by atoms with van der Waals surface area (Å²) in [4.78, 5) is 2.35. The molecule has 2 N–H and O–H groups in total. The molecular formula is C20H25N3O3S2. The number of thiocarbonyl (C=S) groups is 1. The van der Waals surface area contributed by atoms with Gasteiger partial charge in [-0.1, -0.05) is 6.92 Å². The van der Waals surface area contributed by atoms with Gasteiger partial charge in [0.15, 0.2) is 5.11 Å². The van der Waals surface area contributed by atoms with Gasteiger partial charge in [0, 0.05) is 24.5 Å². The minimum absolute atomic E-state index is 0.186. The Bertz CT molecular complexity index is 913. The minimum Gasteiger partial charge on any atom is -0.497 e. The number of piperidine rings is 1. The number of anilines is 2. The number of benzene rings is 2. The molecule has 0 aromatic heterocycles. The van der Waals surface area contributed by atoms with E-state index >= 15 is 0 Å². The van der Waals surface area contributed by atoms with E-state index in [-0.39, 0.29) is 4.90 Å². The van der Waals surface area contributed by atoms with Crippen LogP contribution < -0.4 is 14.8 Å². The van der Waals surface area contributed by atoms with Crippen molar-refractivity contribution in [2.24, 2.45) is 5.92 Å². The molecule has 1 saturated heterocycles. The summed E-state index contributed by atoms with van der Waals surface area (Å²) in [7, 11) is -2.11. The van der Waals surface area contributed by atoms with Crippen LogP contribution in [0.1, 0.15) is 19.8 Å². The van der Waals surface area contributed by atoms with E-state index in [2.05, 4.69) is 21.9 Å². The number of likely N-dealkylation sites (tertiary alicyclic amines) is 1. The number of methoxy groups -OCH3 is 1. The van der Waals surface area contributed by atoms with Crippen LogP contribution in [0.3, 0.4) is 0 Å². The van der Waals surface area contributed by atoms with Crippen molar-refractivity contribution in [2.75, 3.05) is 30.2 Å². The molecule has 1 heterocycles. The Morgan fingerprint density at radius 1 is 1.11 bits per heavy atom. The van der Waals surface area contributed by atoms with E-state index in [4.69, 9.17) is 17.0 Å². The second-order valence-corrected chi connectivity index (χ2v) is 9.05. The average molecular weight is 420 g/mol. The van der Waals surface area contributed by atoms with Crippen molar-refractivity contribution in [1.29, 1.82) is 0 Å². The van der Waals surface area contributed by atoms with Gasteiger partial charge in [0.1, 0.15) is 5.75 Å². The molecule has 1 fully saturated rings. The summed E-state index contributed by atoms with van der Waals surface area (Å²) in [5.41, 5.74) is 1.25. The number of sulfonamides is 1. The number of hydrogen-bond acceptors (Lipinski definition) is 4. The van der Waals surface area contributed by atoms with Crippen LogP contribution in [0.5, 0.6) is 5.75 Å². The van der Waals surface area contributed by atoms with Crippen molar-refractivity contribution in [2.45, 2.75) is 24.7 Å². The van der Waals surface area contributed by atoms with Crippen molar-refractivity contribution in [3.63, 3.8) is 0 Å². The Balaban J connectivity index is 1.64. The van der Waals surface area contributed by atoms with E-state index in [1.165, 1.54) is 6.42 Å². The molecule has 1 aliphatic heterocycles. The number of ether oxygens (including phenoxy) is 1. The number of nitrogens with zero attached hydrogens (tertiary/aromatic N) is 1. The van der Waals surface area contributed by atoms with Gasteiger partial charge < -0.3 is 15.0 Å². The summed E-state index contributed by atoms with van der Waals surface area (Å²) >= 11 is 5.50. The standard InChI is InChI=1S/C20H25N3O3S2/c1-15-4-3-13-23(14-15)20(27)21-16-7-11-19(12-8-16)28(24,25)22-17-5-9-18(26-2)10-6-17/h5-12,15,22H,3-4,13-14H2,1-2H3,(H,21,27)/t15-/m1/s1. The first kappa shape index (κ1) is 20.4. The molecule has 1 atom stereocenters. The summed E-state index contributed by atoms with van der Waals surface area (Å²) in [6.45, 7) is 4.13. The highest BCUT2D eigenvalue weighted by Crippen LogP contribution is 2.21. The second-order valence-electron chi connectivity index (χ2n) is 6.98. The van der Waals surface area contributed by atoms with Crippen molar-refractivity contribution in [3.8, 4) is 5.75 Å². The van der Waals surface area contributed by atoms with E-state index in [1.807, 2.05) is 0 Å². The monoisotopic (exact) mass is 419 g/mol. The molecule has 0 saturated carbocycles. The van der Waals surface area contributed by atoms with E-state index in [0.29, 0.717) is 22.5 Å². The number of nitrogens with one attached hydrogen (secondary N) is 2. The minimum atomic E-state index is -3.67. The lowest BCUT2D eigenvalue weighted by Gasteiger charge is -2.33. The largest absolute Gasteiger partial charge is 0.497 e. The van der Waals surface area contributed by atoms with Gasteiger partial charge in [-0.05, 0) is 79.5 Å². The molecule has 1 aliphatic rings. The molecule has 0 spiro atoms. The predicted molar refractivity (Wildman–Crippen MR) is 116 cm³/mol. The lowest BCUT2D eigenvalue weighted by atomic mass is 10.0. The van der Waals surface area contributed by atoms with Gasteiger partial charge in [0.2, 0.25) is 0 Å². The van der Waals surface area contributed by atoms with Crippen LogP contribution in [0.25, 0.3) is 0 Å². The molecule has 8 heteroatoms. The number of rotatable bonds is 5. The quantitative estimate of drug-likeness (QED) is 0.716. The smallest absolute Gasteiger partial charge is 0.261 e. The highest BCUT2D eigenvalue weighted by Gasteiger charge is 2.19. The Kier molecular flexibility index (Phi) is 6.41. The predicted octanol–water partition coefficient (Wildman–Crippen LogP) is 3.92. The van der Waals surface area contributed by atoms with Crippen LogP contribution in [-0.2, 0) is 10.0 Å². The first-order valence-corrected chi connectivity index (χ1v) is 11.1.